The lowest BCUT2D eigenvalue weighted by molar-refractivity contribution is -0.139. The van der Waals surface area contributed by atoms with Crippen LogP contribution >= 0.6 is 0 Å². The molecule has 0 aromatic heterocycles. The Labute approximate surface area is 215 Å². The first-order valence-electron chi connectivity index (χ1n) is 14.1. The molecule has 0 fully saturated rings. The first-order chi connectivity index (χ1) is 16.4. The van der Waals surface area contributed by atoms with Crippen molar-refractivity contribution in [1.82, 2.24) is 0 Å². The number of benzene rings is 1. The highest BCUT2D eigenvalue weighted by molar-refractivity contribution is 5.69. The summed E-state index contributed by atoms with van der Waals surface area (Å²) in [6, 6.07) is 0. The van der Waals surface area contributed by atoms with E-state index in [4.69, 9.17) is 14.6 Å². The monoisotopic (exact) mass is 488 g/mol. The Morgan fingerprint density at radius 3 is 2.06 bits per heavy atom. The predicted molar refractivity (Wildman–Crippen MR) is 146 cm³/mol. The number of fused-ring (bicyclic) bond motifs is 1. The number of rotatable bonds is 15. The summed E-state index contributed by atoms with van der Waals surface area (Å²) in [5.74, 6) is 3.22. The summed E-state index contributed by atoms with van der Waals surface area (Å²) in [4.78, 5) is 11.0. The van der Waals surface area contributed by atoms with Crippen molar-refractivity contribution in [3.8, 4) is 11.5 Å². The van der Waals surface area contributed by atoms with Crippen molar-refractivity contribution in [2.75, 3.05) is 6.61 Å². The summed E-state index contributed by atoms with van der Waals surface area (Å²) in [6.45, 7) is 17.5. The van der Waals surface area contributed by atoms with Gasteiger partial charge in [0.2, 0.25) is 0 Å². The lowest BCUT2D eigenvalue weighted by Gasteiger charge is -2.38. The van der Waals surface area contributed by atoms with Crippen molar-refractivity contribution in [2.24, 2.45) is 17.8 Å². The lowest BCUT2D eigenvalue weighted by Crippen LogP contribution is -2.37. The van der Waals surface area contributed by atoms with E-state index in [2.05, 4.69) is 41.5 Å². The van der Waals surface area contributed by atoms with Crippen molar-refractivity contribution in [2.45, 2.75) is 132 Å². The van der Waals surface area contributed by atoms with Gasteiger partial charge in [-0.1, -0.05) is 72.6 Å². The summed E-state index contributed by atoms with van der Waals surface area (Å²) in [5, 5.41) is 9.02. The minimum absolute atomic E-state index is 0.134. The van der Waals surface area contributed by atoms with Crippen molar-refractivity contribution in [1.29, 1.82) is 0 Å². The summed E-state index contributed by atoms with van der Waals surface area (Å²) < 4.78 is 12.3. The fourth-order valence-corrected chi connectivity index (χ4v) is 5.61. The second-order valence-corrected chi connectivity index (χ2v) is 12.1. The highest BCUT2D eigenvalue weighted by atomic mass is 16.5. The topological polar surface area (TPSA) is 55.8 Å². The van der Waals surface area contributed by atoms with E-state index >= 15 is 0 Å². The van der Waals surface area contributed by atoms with Crippen molar-refractivity contribution >= 4 is 5.97 Å². The Morgan fingerprint density at radius 1 is 0.914 bits per heavy atom. The van der Waals surface area contributed by atoms with Gasteiger partial charge in [-0.3, -0.25) is 0 Å². The van der Waals surface area contributed by atoms with Gasteiger partial charge in [0.15, 0.2) is 6.61 Å². The van der Waals surface area contributed by atoms with E-state index in [1.54, 1.807) is 0 Å². The Bertz CT molecular complexity index is 828. The molecule has 1 aromatic rings. The molecule has 1 aromatic carbocycles. The van der Waals surface area contributed by atoms with Gasteiger partial charge < -0.3 is 14.6 Å². The van der Waals surface area contributed by atoms with E-state index in [0.717, 1.165) is 59.5 Å². The number of carboxylic acids is 1. The molecule has 1 aliphatic heterocycles. The molecule has 0 unspecified atom stereocenters. The maximum Gasteiger partial charge on any atom is 0.341 e. The van der Waals surface area contributed by atoms with Crippen molar-refractivity contribution in [3.63, 3.8) is 0 Å². The zero-order chi connectivity index (χ0) is 26.2. The van der Waals surface area contributed by atoms with Crippen LogP contribution in [0.1, 0.15) is 121 Å². The zero-order valence-electron chi connectivity index (χ0n) is 23.9. The normalized spacial score (nSPS) is 19.2. The van der Waals surface area contributed by atoms with Gasteiger partial charge in [-0.15, -0.1) is 0 Å². The molecular weight excluding hydrogens is 436 g/mol. The Kier molecular flexibility index (Phi) is 11.4. The van der Waals surface area contributed by atoms with Gasteiger partial charge in [-0.05, 0) is 87.8 Å². The van der Waals surface area contributed by atoms with E-state index in [1.807, 2.05) is 13.8 Å². The molecule has 3 atom stereocenters. The molecule has 0 bridgehead atoms. The van der Waals surface area contributed by atoms with Crippen LogP contribution in [0.15, 0.2) is 0 Å². The van der Waals surface area contributed by atoms with Crippen LogP contribution in [0.4, 0.5) is 0 Å². The number of ether oxygens (including phenoxy) is 2. The van der Waals surface area contributed by atoms with E-state index in [9.17, 15) is 4.79 Å². The average molecular weight is 489 g/mol. The van der Waals surface area contributed by atoms with Crippen LogP contribution in [-0.2, 0) is 11.2 Å². The van der Waals surface area contributed by atoms with Crippen LogP contribution in [0.25, 0.3) is 0 Å². The third-order valence-electron chi connectivity index (χ3n) is 8.18. The molecule has 1 N–H and O–H groups in total. The number of hydrogen-bond acceptors (Lipinski definition) is 3. The Balaban J connectivity index is 1.83. The summed E-state index contributed by atoms with van der Waals surface area (Å²) >= 11 is 0. The molecule has 0 spiro atoms. The van der Waals surface area contributed by atoms with Crippen LogP contribution in [-0.4, -0.2) is 23.3 Å². The molecule has 0 saturated heterocycles. The summed E-state index contributed by atoms with van der Waals surface area (Å²) in [6.07, 6.45) is 13.7. The second kappa shape index (κ2) is 13.6. The Morgan fingerprint density at radius 2 is 1.49 bits per heavy atom. The van der Waals surface area contributed by atoms with Crippen LogP contribution in [0.5, 0.6) is 11.5 Å². The van der Waals surface area contributed by atoms with Gasteiger partial charge in [0.25, 0.3) is 0 Å². The standard InChI is InChI=1S/C31H52O4/c1-21(2)12-9-13-22(3)14-10-15-23(4)16-11-18-31(8)19-17-27-26(7)29(34-20-28(32)33)24(5)25(6)30(27)35-31/h21-23H,9-20H2,1-8H3,(H,32,33)/t22-,23-,31+/m0/s1. The van der Waals surface area contributed by atoms with E-state index in [0.29, 0.717) is 5.75 Å². The summed E-state index contributed by atoms with van der Waals surface area (Å²) in [7, 11) is 0. The van der Waals surface area contributed by atoms with Gasteiger partial charge in [-0.25, -0.2) is 4.79 Å². The molecule has 0 aliphatic carbocycles. The average Bonchev–Trinajstić information content (AvgIpc) is 2.77. The Hall–Kier alpha value is -1.71. The number of carbonyl (C=O) groups is 1. The maximum absolute atomic E-state index is 11.0. The quantitative estimate of drug-likeness (QED) is 0.268. The molecule has 0 amide bonds. The molecule has 0 radical (unpaired) electrons. The van der Waals surface area contributed by atoms with Crippen LogP contribution in [0, 0.1) is 38.5 Å². The first kappa shape index (κ1) is 29.5. The van der Waals surface area contributed by atoms with Gasteiger partial charge in [0.1, 0.15) is 17.1 Å². The van der Waals surface area contributed by atoms with Gasteiger partial charge in [0, 0.05) is 5.56 Å². The van der Waals surface area contributed by atoms with E-state index < -0.39 is 5.97 Å². The molecule has 1 aliphatic rings. The molecule has 2 rings (SSSR count). The van der Waals surface area contributed by atoms with Crippen LogP contribution < -0.4 is 9.47 Å². The molecule has 1 heterocycles. The third kappa shape index (κ3) is 9.03. The lowest BCUT2D eigenvalue weighted by atomic mass is 9.83. The largest absolute Gasteiger partial charge is 0.487 e. The SMILES string of the molecule is Cc1c(C)c2c(c(C)c1OCC(=O)O)CC[C@@](C)(CCC[C@@H](C)CCC[C@@H](C)CCCC(C)C)O2. The van der Waals surface area contributed by atoms with Crippen molar-refractivity contribution < 1.29 is 19.4 Å². The minimum atomic E-state index is -0.951. The highest BCUT2D eigenvalue weighted by Gasteiger charge is 2.34. The molecular formula is C31H52O4. The van der Waals surface area contributed by atoms with Gasteiger partial charge >= 0.3 is 5.97 Å². The van der Waals surface area contributed by atoms with E-state index in [1.165, 1.54) is 56.9 Å². The molecule has 0 saturated carbocycles. The van der Waals surface area contributed by atoms with Gasteiger partial charge in [-0.2, -0.15) is 0 Å². The van der Waals surface area contributed by atoms with Crippen molar-refractivity contribution in [3.05, 3.63) is 22.3 Å². The predicted octanol–water partition coefficient (Wildman–Crippen LogP) is 8.60. The minimum Gasteiger partial charge on any atom is -0.487 e. The summed E-state index contributed by atoms with van der Waals surface area (Å²) in [5.41, 5.74) is 4.14. The van der Waals surface area contributed by atoms with E-state index in [-0.39, 0.29) is 12.2 Å². The van der Waals surface area contributed by atoms with Gasteiger partial charge in [0.05, 0.1) is 0 Å². The highest BCUT2D eigenvalue weighted by Crippen LogP contribution is 2.45. The second-order valence-electron chi connectivity index (χ2n) is 12.1. The van der Waals surface area contributed by atoms with Crippen LogP contribution in [0.2, 0.25) is 0 Å². The molecule has 200 valence electrons. The molecule has 4 nitrogen and oxygen atoms in total. The first-order valence-corrected chi connectivity index (χ1v) is 14.1. The fourth-order valence-electron chi connectivity index (χ4n) is 5.61. The number of carboxylic acid groups (broad SMARTS) is 1. The smallest absolute Gasteiger partial charge is 0.341 e. The maximum atomic E-state index is 11.0. The zero-order valence-corrected chi connectivity index (χ0v) is 23.9. The number of hydrogen-bond donors (Lipinski definition) is 1. The van der Waals surface area contributed by atoms with Crippen LogP contribution in [0.3, 0.4) is 0 Å². The third-order valence-corrected chi connectivity index (χ3v) is 8.18. The fraction of sp³-hybridized carbons (Fsp3) is 0.774. The molecule has 4 heteroatoms. The molecule has 35 heavy (non-hydrogen) atoms. The number of aliphatic carboxylic acids is 1.